The van der Waals surface area contributed by atoms with Crippen LogP contribution in [0.2, 0.25) is 5.02 Å². The number of carboxylic acids is 1. The van der Waals surface area contributed by atoms with Crippen LogP contribution in [0, 0.1) is 17.3 Å². The molecule has 1 atom stereocenters. The number of hydrogen-bond donors (Lipinski definition) is 2. The van der Waals surface area contributed by atoms with Crippen molar-refractivity contribution < 1.29 is 14.7 Å². The lowest BCUT2D eigenvalue weighted by molar-refractivity contribution is -0.143. The van der Waals surface area contributed by atoms with Crippen molar-refractivity contribution >= 4 is 23.6 Å². The van der Waals surface area contributed by atoms with Crippen molar-refractivity contribution in [1.29, 1.82) is 0 Å². The molecule has 2 amide bonds. The number of aliphatic carboxylic acids is 1. The minimum absolute atomic E-state index is 0.0299. The smallest absolute Gasteiger partial charge is 0.322 e. The lowest BCUT2D eigenvalue weighted by Gasteiger charge is -2.45. The highest BCUT2D eigenvalue weighted by Crippen LogP contribution is 2.40. The largest absolute Gasteiger partial charge is 0.481 e. The van der Waals surface area contributed by atoms with E-state index in [1.807, 2.05) is 12.3 Å². The summed E-state index contributed by atoms with van der Waals surface area (Å²) >= 11 is 6.70. The predicted molar refractivity (Wildman–Crippen MR) is 133 cm³/mol. The second kappa shape index (κ2) is 9.69. The third-order valence-electron chi connectivity index (χ3n) is 7.28. The summed E-state index contributed by atoms with van der Waals surface area (Å²) in [5.41, 5.74) is 2.83. The van der Waals surface area contributed by atoms with Gasteiger partial charge in [-0.25, -0.2) is 4.79 Å². The Morgan fingerprint density at radius 1 is 1.24 bits per heavy atom. The van der Waals surface area contributed by atoms with Gasteiger partial charge < -0.3 is 10.4 Å². The zero-order valence-corrected chi connectivity index (χ0v) is 21.6. The van der Waals surface area contributed by atoms with Gasteiger partial charge in [0, 0.05) is 17.3 Å². The summed E-state index contributed by atoms with van der Waals surface area (Å²) in [5.74, 6) is -0.815. The molecular weight excluding hydrogens is 436 g/mol. The number of halogens is 1. The molecule has 0 saturated heterocycles. The molecule has 0 spiro atoms. The molecular formula is C27H39ClN2O3. The molecule has 0 radical (unpaired) electrons. The maximum absolute atomic E-state index is 13.3. The number of benzene rings is 1. The van der Waals surface area contributed by atoms with Crippen molar-refractivity contribution in [1.82, 2.24) is 10.2 Å². The number of urea groups is 1. The highest BCUT2D eigenvalue weighted by atomic mass is 35.5. The Hall–Kier alpha value is -2.01. The summed E-state index contributed by atoms with van der Waals surface area (Å²) in [7, 11) is 0. The van der Waals surface area contributed by atoms with E-state index in [0.717, 1.165) is 34.6 Å². The van der Waals surface area contributed by atoms with Crippen molar-refractivity contribution in [2.45, 2.75) is 91.6 Å². The van der Waals surface area contributed by atoms with E-state index in [9.17, 15) is 14.7 Å². The van der Waals surface area contributed by atoms with Gasteiger partial charge in [0.1, 0.15) is 0 Å². The number of nitrogens with zero attached hydrogens (tertiary/aromatic N) is 1. The number of rotatable bonds is 6. The first-order valence-corrected chi connectivity index (χ1v) is 12.5. The molecule has 0 aromatic heterocycles. The topological polar surface area (TPSA) is 69.6 Å². The molecule has 1 aliphatic heterocycles. The van der Waals surface area contributed by atoms with Crippen LogP contribution in [0.1, 0.15) is 84.8 Å². The van der Waals surface area contributed by atoms with Crippen LogP contribution in [0.3, 0.4) is 0 Å². The number of aryl methyl sites for hydroxylation is 1. The summed E-state index contributed by atoms with van der Waals surface area (Å²) in [4.78, 5) is 26.4. The number of hydrogen-bond acceptors (Lipinski definition) is 2. The first-order chi connectivity index (χ1) is 15.3. The van der Waals surface area contributed by atoms with Gasteiger partial charge in [-0.3, -0.25) is 9.69 Å². The molecule has 3 rings (SSSR count). The van der Waals surface area contributed by atoms with Gasteiger partial charge in [0.2, 0.25) is 0 Å². The molecule has 1 aliphatic carbocycles. The van der Waals surface area contributed by atoms with E-state index in [4.69, 9.17) is 11.6 Å². The second-order valence-electron chi connectivity index (χ2n) is 11.4. The minimum atomic E-state index is -0.731. The molecule has 6 heteroatoms. The Kier molecular flexibility index (Phi) is 7.52. The van der Waals surface area contributed by atoms with Crippen molar-refractivity contribution in [2.75, 3.05) is 0 Å². The highest BCUT2D eigenvalue weighted by molar-refractivity contribution is 6.31. The van der Waals surface area contributed by atoms with Crippen LogP contribution in [0.5, 0.6) is 0 Å². The van der Waals surface area contributed by atoms with E-state index < -0.39 is 11.5 Å². The fraction of sp³-hybridized carbons (Fsp3) is 0.630. The average Bonchev–Trinajstić information content (AvgIpc) is 2.72. The van der Waals surface area contributed by atoms with Gasteiger partial charge in [-0.2, -0.15) is 0 Å². The fourth-order valence-electron chi connectivity index (χ4n) is 5.10. The average molecular weight is 475 g/mol. The van der Waals surface area contributed by atoms with E-state index in [0.29, 0.717) is 25.7 Å². The number of amides is 2. The van der Waals surface area contributed by atoms with Gasteiger partial charge in [-0.1, -0.05) is 58.4 Å². The van der Waals surface area contributed by atoms with Crippen molar-refractivity contribution in [3.63, 3.8) is 0 Å². The third kappa shape index (κ3) is 5.74. The summed E-state index contributed by atoms with van der Waals surface area (Å²) < 4.78 is 0. The summed E-state index contributed by atoms with van der Waals surface area (Å²) in [6, 6.07) is 6.09. The van der Waals surface area contributed by atoms with E-state index >= 15 is 0 Å². The van der Waals surface area contributed by atoms with E-state index in [1.165, 1.54) is 0 Å². The normalized spacial score (nSPS) is 26.2. The summed E-state index contributed by atoms with van der Waals surface area (Å²) in [6.45, 7) is 13.0. The monoisotopic (exact) mass is 474 g/mol. The van der Waals surface area contributed by atoms with Gasteiger partial charge in [0.05, 0.1) is 11.5 Å². The Labute approximate surface area is 203 Å². The Bertz CT molecular complexity index is 926. The van der Waals surface area contributed by atoms with Crippen LogP contribution in [0.25, 0.3) is 0 Å². The molecule has 5 nitrogen and oxygen atoms in total. The highest BCUT2D eigenvalue weighted by Gasteiger charge is 2.42. The molecule has 1 saturated carbocycles. The number of nitrogens with one attached hydrogen (secondary N) is 1. The van der Waals surface area contributed by atoms with E-state index in [2.05, 4.69) is 59.0 Å². The van der Waals surface area contributed by atoms with Crippen molar-refractivity contribution in [3.8, 4) is 0 Å². The Morgan fingerprint density at radius 2 is 1.88 bits per heavy atom. The number of carboxylic acid groups (broad SMARTS) is 1. The molecule has 1 fully saturated rings. The molecule has 33 heavy (non-hydrogen) atoms. The lowest BCUT2D eigenvalue weighted by Crippen LogP contribution is -2.57. The molecule has 2 aliphatic rings. The van der Waals surface area contributed by atoms with Crippen LogP contribution in [0.15, 0.2) is 30.0 Å². The maximum Gasteiger partial charge on any atom is 0.322 e. The maximum atomic E-state index is 13.3. The lowest BCUT2D eigenvalue weighted by atomic mass is 9.77. The number of carbonyl (C=O) groups excluding carboxylic acids is 1. The van der Waals surface area contributed by atoms with Gasteiger partial charge in [0.15, 0.2) is 0 Å². The fourth-order valence-corrected chi connectivity index (χ4v) is 5.37. The molecule has 2 N–H and O–H groups in total. The first-order valence-electron chi connectivity index (χ1n) is 12.2. The zero-order chi connectivity index (χ0) is 24.6. The molecule has 1 heterocycles. The molecule has 1 aromatic rings. The van der Waals surface area contributed by atoms with Crippen molar-refractivity contribution in [2.24, 2.45) is 17.3 Å². The summed E-state index contributed by atoms with van der Waals surface area (Å²) in [6.07, 6.45) is 6.61. The molecule has 0 bridgehead atoms. The molecule has 0 unspecified atom stereocenters. The van der Waals surface area contributed by atoms with Crippen LogP contribution < -0.4 is 5.32 Å². The molecule has 182 valence electrons. The number of carbonyl (C=O) groups is 2. The third-order valence-corrected chi connectivity index (χ3v) is 7.63. The van der Waals surface area contributed by atoms with Crippen molar-refractivity contribution in [3.05, 3.63) is 46.1 Å². The SMILES string of the molecule is CC(C)C1=CN([C@H]2CC[C@@H](C(=O)O)CC2)C(=O)N[C@@]1(C)c1ccc(CCC(C)(C)C)c(Cl)c1. The van der Waals surface area contributed by atoms with Gasteiger partial charge in [-0.15, -0.1) is 0 Å². The van der Waals surface area contributed by atoms with Crippen LogP contribution in [-0.2, 0) is 16.8 Å². The standard InChI is InChI=1S/C27H39ClN2O3/c1-17(2)22-16-30(21-11-8-19(9-12-21)24(31)32)25(33)29-27(22,6)20-10-7-18(23(28)15-20)13-14-26(3,4)5/h7,10,15-17,19,21H,8-9,11-14H2,1-6H3,(H,29,33)(H,31,32)/t19-,21+,27-/m0/s1. The van der Waals surface area contributed by atoms with Crippen LogP contribution in [0.4, 0.5) is 4.79 Å². The van der Waals surface area contributed by atoms with E-state index in [1.54, 1.807) is 4.90 Å². The van der Waals surface area contributed by atoms with Gasteiger partial charge in [0.25, 0.3) is 0 Å². The van der Waals surface area contributed by atoms with Crippen LogP contribution >= 0.6 is 11.6 Å². The quantitative estimate of drug-likeness (QED) is 0.479. The molecule has 1 aromatic carbocycles. The van der Waals surface area contributed by atoms with Gasteiger partial charge >= 0.3 is 12.0 Å². The predicted octanol–water partition coefficient (Wildman–Crippen LogP) is 6.74. The Morgan fingerprint density at radius 3 is 2.39 bits per heavy atom. The summed E-state index contributed by atoms with van der Waals surface area (Å²) in [5, 5.41) is 13.3. The Balaban J connectivity index is 1.87. The van der Waals surface area contributed by atoms with Crippen LogP contribution in [-0.4, -0.2) is 28.0 Å². The second-order valence-corrected chi connectivity index (χ2v) is 11.8. The first kappa shape index (κ1) is 25.6. The van der Waals surface area contributed by atoms with Gasteiger partial charge in [-0.05, 0) is 79.5 Å². The minimum Gasteiger partial charge on any atom is -0.481 e. The van der Waals surface area contributed by atoms with E-state index in [-0.39, 0.29) is 29.3 Å². The zero-order valence-electron chi connectivity index (χ0n) is 20.9.